The summed E-state index contributed by atoms with van der Waals surface area (Å²) in [5.74, 6) is -0.147. The Morgan fingerprint density at radius 3 is 2.53 bits per heavy atom. The van der Waals surface area contributed by atoms with Crippen LogP contribution in [0, 0.1) is 0 Å². The van der Waals surface area contributed by atoms with Crippen LogP contribution in [0.1, 0.15) is 39.0 Å². The van der Waals surface area contributed by atoms with Crippen LogP contribution in [0.2, 0.25) is 0 Å². The van der Waals surface area contributed by atoms with Crippen molar-refractivity contribution in [3.8, 4) is 0 Å². The standard InChI is InChI=1S/C11H20ClNO3S/c1-2-3-4-5-6-11(14)13-10-8-17(15,16)7-9(10)12/h9-10H,2-8H2,1H3,(H,13,14). The first kappa shape index (κ1) is 14.8. The van der Waals surface area contributed by atoms with E-state index >= 15 is 0 Å². The molecule has 0 radical (unpaired) electrons. The molecular weight excluding hydrogens is 262 g/mol. The minimum Gasteiger partial charge on any atom is -0.351 e. The molecule has 1 fully saturated rings. The second-order valence-electron chi connectivity index (χ2n) is 4.58. The minimum atomic E-state index is -3.07. The fraction of sp³-hybridized carbons (Fsp3) is 0.909. The van der Waals surface area contributed by atoms with Crippen LogP contribution in [0.5, 0.6) is 0 Å². The number of carbonyl (C=O) groups excluding carboxylic acids is 1. The Morgan fingerprint density at radius 2 is 2.00 bits per heavy atom. The number of unbranched alkanes of at least 4 members (excludes halogenated alkanes) is 3. The second-order valence-corrected chi connectivity index (χ2v) is 7.29. The van der Waals surface area contributed by atoms with E-state index in [4.69, 9.17) is 11.6 Å². The third kappa shape index (κ3) is 5.25. The van der Waals surface area contributed by atoms with Crippen molar-refractivity contribution in [2.45, 2.75) is 50.4 Å². The topological polar surface area (TPSA) is 63.2 Å². The Balaban J connectivity index is 2.27. The van der Waals surface area contributed by atoms with E-state index in [1.807, 2.05) is 0 Å². The molecule has 1 heterocycles. The summed E-state index contributed by atoms with van der Waals surface area (Å²) in [7, 11) is -3.07. The first-order valence-electron chi connectivity index (χ1n) is 6.08. The van der Waals surface area contributed by atoms with E-state index in [0.29, 0.717) is 6.42 Å². The number of amides is 1. The molecule has 0 aromatic carbocycles. The second kappa shape index (κ2) is 6.59. The molecule has 1 rings (SSSR count). The Hall–Kier alpha value is -0.290. The predicted octanol–water partition coefficient (Wildman–Crippen LogP) is 1.48. The van der Waals surface area contributed by atoms with Crippen LogP contribution >= 0.6 is 11.6 Å². The Kier molecular flexibility index (Phi) is 5.73. The molecule has 2 atom stereocenters. The van der Waals surface area contributed by atoms with Gasteiger partial charge in [-0.2, -0.15) is 0 Å². The molecule has 1 N–H and O–H groups in total. The van der Waals surface area contributed by atoms with Crippen LogP contribution in [0.15, 0.2) is 0 Å². The van der Waals surface area contributed by atoms with Crippen molar-refractivity contribution in [3.05, 3.63) is 0 Å². The Morgan fingerprint density at radius 1 is 1.29 bits per heavy atom. The van der Waals surface area contributed by atoms with Gasteiger partial charge in [-0.1, -0.05) is 26.2 Å². The molecule has 6 heteroatoms. The number of sulfone groups is 1. The molecular formula is C11H20ClNO3S. The third-order valence-corrected chi connectivity index (χ3v) is 5.26. The molecule has 2 unspecified atom stereocenters. The quantitative estimate of drug-likeness (QED) is 0.592. The van der Waals surface area contributed by atoms with Gasteiger partial charge >= 0.3 is 0 Å². The van der Waals surface area contributed by atoms with Crippen molar-refractivity contribution in [1.82, 2.24) is 5.32 Å². The molecule has 1 saturated heterocycles. The highest BCUT2D eigenvalue weighted by Gasteiger charge is 2.37. The lowest BCUT2D eigenvalue weighted by Crippen LogP contribution is -2.40. The van der Waals surface area contributed by atoms with Crippen molar-refractivity contribution in [3.63, 3.8) is 0 Å². The predicted molar refractivity (Wildman–Crippen MR) is 69.0 cm³/mol. The first-order chi connectivity index (χ1) is 7.94. The molecule has 0 aliphatic carbocycles. The lowest BCUT2D eigenvalue weighted by atomic mass is 10.1. The molecule has 0 bridgehead atoms. The molecule has 0 aromatic rings. The van der Waals surface area contributed by atoms with Gasteiger partial charge in [0.1, 0.15) is 0 Å². The smallest absolute Gasteiger partial charge is 0.220 e. The van der Waals surface area contributed by atoms with E-state index in [1.54, 1.807) is 0 Å². The largest absolute Gasteiger partial charge is 0.351 e. The summed E-state index contributed by atoms with van der Waals surface area (Å²) in [6.07, 6.45) is 4.61. The van der Waals surface area contributed by atoms with Gasteiger partial charge in [0.05, 0.1) is 22.9 Å². The number of halogens is 1. The maximum atomic E-state index is 11.6. The number of alkyl halides is 1. The zero-order chi connectivity index (χ0) is 12.9. The number of hydrogen-bond donors (Lipinski definition) is 1. The highest BCUT2D eigenvalue weighted by atomic mass is 35.5. The number of hydrogen-bond acceptors (Lipinski definition) is 3. The SMILES string of the molecule is CCCCCCC(=O)NC1CS(=O)(=O)CC1Cl. The first-order valence-corrected chi connectivity index (χ1v) is 8.34. The van der Waals surface area contributed by atoms with Crippen LogP contribution < -0.4 is 5.32 Å². The van der Waals surface area contributed by atoms with Crippen molar-refractivity contribution in [1.29, 1.82) is 0 Å². The van der Waals surface area contributed by atoms with Gasteiger partial charge in [-0.3, -0.25) is 4.79 Å². The fourth-order valence-electron chi connectivity index (χ4n) is 1.93. The van der Waals surface area contributed by atoms with Gasteiger partial charge in [-0.15, -0.1) is 11.6 Å². The van der Waals surface area contributed by atoms with E-state index in [0.717, 1.165) is 25.7 Å². The summed E-state index contributed by atoms with van der Waals surface area (Å²) in [5.41, 5.74) is 0. The van der Waals surface area contributed by atoms with Gasteiger partial charge in [0.25, 0.3) is 0 Å². The van der Waals surface area contributed by atoms with Crippen LogP contribution in [-0.2, 0) is 14.6 Å². The van der Waals surface area contributed by atoms with Gasteiger partial charge in [-0.25, -0.2) is 8.42 Å². The van der Waals surface area contributed by atoms with E-state index < -0.39 is 21.3 Å². The summed E-state index contributed by atoms with van der Waals surface area (Å²) < 4.78 is 22.6. The summed E-state index contributed by atoms with van der Waals surface area (Å²) in [6, 6.07) is -0.416. The summed E-state index contributed by atoms with van der Waals surface area (Å²) >= 11 is 5.90. The molecule has 0 spiro atoms. The molecule has 1 aliphatic rings. The molecule has 1 amide bonds. The van der Waals surface area contributed by atoms with E-state index in [-0.39, 0.29) is 17.4 Å². The van der Waals surface area contributed by atoms with Crippen molar-refractivity contribution >= 4 is 27.3 Å². The number of carbonyl (C=O) groups is 1. The van der Waals surface area contributed by atoms with Crippen molar-refractivity contribution in [2.75, 3.05) is 11.5 Å². The average Bonchev–Trinajstić information content (AvgIpc) is 2.47. The highest BCUT2D eigenvalue weighted by molar-refractivity contribution is 7.91. The molecule has 1 aliphatic heterocycles. The molecule has 4 nitrogen and oxygen atoms in total. The van der Waals surface area contributed by atoms with Gasteiger partial charge in [-0.05, 0) is 6.42 Å². The molecule has 100 valence electrons. The van der Waals surface area contributed by atoms with Gasteiger partial charge < -0.3 is 5.32 Å². The average molecular weight is 282 g/mol. The van der Waals surface area contributed by atoms with E-state index in [1.165, 1.54) is 0 Å². The third-order valence-electron chi connectivity index (χ3n) is 2.89. The van der Waals surface area contributed by atoms with Crippen LogP contribution in [-0.4, -0.2) is 37.2 Å². The maximum Gasteiger partial charge on any atom is 0.220 e. The monoisotopic (exact) mass is 281 g/mol. The van der Waals surface area contributed by atoms with Crippen LogP contribution in [0.4, 0.5) is 0 Å². The van der Waals surface area contributed by atoms with Crippen molar-refractivity contribution in [2.24, 2.45) is 0 Å². The summed E-state index contributed by atoms with van der Waals surface area (Å²) in [4.78, 5) is 11.6. The van der Waals surface area contributed by atoms with Gasteiger partial charge in [0.2, 0.25) is 5.91 Å². The normalized spacial score (nSPS) is 26.9. The number of rotatable bonds is 6. The Labute approximate surface area is 108 Å². The Bertz CT molecular complexity index is 356. The minimum absolute atomic E-state index is 0.0259. The van der Waals surface area contributed by atoms with E-state index in [9.17, 15) is 13.2 Å². The van der Waals surface area contributed by atoms with Gasteiger partial charge in [0, 0.05) is 6.42 Å². The highest BCUT2D eigenvalue weighted by Crippen LogP contribution is 2.18. The zero-order valence-electron chi connectivity index (χ0n) is 10.1. The molecule has 17 heavy (non-hydrogen) atoms. The fourth-order valence-corrected chi connectivity index (χ4v) is 4.48. The van der Waals surface area contributed by atoms with Crippen LogP contribution in [0.25, 0.3) is 0 Å². The molecule has 0 aromatic heterocycles. The summed E-state index contributed by atoms with van der Waals surface area (Å²) in [6.45, 7) is 2.11. The number of nitrogens with one attached hydrogen (secondary N) is 1. The summed E-state index contributed by atoms with van der Waals surface area (Å²) in [5, 5.41) is 2.22. The van der Waals surface area contributed by atoms with Gasteiger partial charge in [0.15, 0.2) is 9.84 Å². The lowest BCUT2D eigenvalue weighted by molar-refractivity contribution is -0.121. The zero-order valence-corrected chi connectivity index (χ0v) is 11.7. The van der Waals surface area contributed by atoms with Crippen molar-refractivity contribution < 1.29 is 13.2 Å². The molecule has 0 saturated carbocycles. The van der Waals surface area contributed by atoms with E-state index in [2.05, 4.69) is 12.2 Å². The lowest BCUT2D eigenvalue weighted by Gasteiger charge is -2.14. The maximum absolute atomic E-state index is 11.6. The van der Waals surface area contributed by atoms with Crippen LogP contribution in [0.3, 0.4) is 0 Å².